The van der Waals surface area contributed by atoms with Crippen LogP contribution < -0.4 is 11.1 Å². The van der Waals surface area contributed by atoms with Crippen molar-refractivity contribution in [3.8, 4) is 0 Å². The first-order valence-electron chi connectivity index (χ1n) is 5.67. The van der Waals surface area contributed by atoms with E-state index in [0.717, 1.165) is 11.1 Å². The lowest BCUT2D eigenvalue weighted by Crippen LogP contribution is -2.15. The maximum absolute atomic E-state index is 12.1. The quantitative estimate of drug-likeness (QED) is 0.794. The summed E-state index contributed by atoms with van der Waals surface area (Å²) >= 11 is 0. The lowest BCUT2D eigenvalue weighted by atomic mass is 10.1. The van der Waals surface area contributed by atoms with Crippen LogP contribution in [-0.2, 0) is 0 Å². The van der Waals surface area contributed by atoms with E-state index in [1.165, 1.54) is 0 Å². The molecule has 2 rings (SSSR count). The van der Waals surface area contributed by atoms with Crippen LogP contribution in [-0.4, -0.2) is 10.9 Å². The van der Waals surface area contributed by atoms with Crippen molar-refractivity contribution in [1.29, 1.82) is 0 Å². The predicted octanol–water partition coefficient (Wildman–Crippen LogP) is 2.53. The SMILES string of the molecule is Cc1ccc(N)c(C(=O)Nc2ncccc2C)c1. The van der Waals surface area contributed by atoms with Gasteiger partial charge in [0, 0.05) is 11.9 Å². The minimum atomic E-state index is -0.238. The van der Waals surface area contributed by atoms with Crippen molar-refractivity contribution >= 4 is 17.4 Å². The largest absolute Gasteiger partial charge is 0.398 e. The monoisotopic (exact) mass is 241 g/mol. The van der Waals surface area contributed by atoms with E-state index >= 15 is 0 Å². The normalized spacial score (nSPS) is 10.1. The van der Waals surface area contributed by atoms with E-state index in [2.05, 4.69) is 10.3 Å². The van der Waals surface area contributed by atoms with E-state index in [1.54, 1.807) is 18.3 Å². The molecule has 4 nitrogen and oxygen atoms in total. The van der Waals surface area contributed by atoms with Crippen molar-refractivity contribution in [2.24, 2.45) is 0 Å². The summed E-state index contributed by atoms with van der Waals surface area (Å²) in [6, 6.07) is 9.09. The molecule has 0 radical (unpaired) electrons. The number of amides is 1. The molecule has 0 atom stereocenters. The molecule has 1 aromatic carbocycles. The predicted molar refractivity (Wildman–Crippen MR) is 72.5 cm³/mol. The Morgan fingerprint density at radius 2 is 2.06 bits per heavy atom. The Morgan fingerprint density at radius 1 is 1.28 bits per heavy atom. The zero-order chi connectivity index (χ0) is 13.1. The van der Waals surface area contributed by atoms with Gasteiger partial charge in [0.15, 0.2) is 0 Å². The molecule has 3 N–H and O–H groups in total. The summed E-state index contributed by atoms with van der Waals surface area (Å²) < 4.78 is 0. The number of rotatable bonds is 2. The van der Waals surface area contributed by atoms with Crippen LogP contribution in [0.2, 0.25) is 0 Å². The molecule has 0 aliphatic heterocycles. The second kappa shape index (κ2) is 4.87. The van der Waals surface area contributed by atoms with Crippen LogP contribution in [0.3, 0.4) is 0 Å². The van der Waals surface area contributed by atoms with Gasteiger partial charge < -0.3 is 11.1 Å². The third kappa shape index (κ3) is 2.48. The van der Waals surface area contributed by atoms with Crippen LogP contribution in [0, 0.1) is 13.8 Å². The molecule has 0 unspecified atom stereocenters. The van der Waals surface area contributed by atoms with Gasteiger partial charge in [0.05, 0.1) is 5.56 Å². The first kappa shape index (κ1) is 12.1. The highest BCUT2D eigenvalue weighted by Gasteiger charge is 2.11. The smallest absolute Gasteiger partial charge is 0.258 e. The fraction of sp³-hybridized carbons (Fsp3) is 0.143. The first-order valence-corrected chi connectivity index (χ1v) is 5.67. The van der Waals surface area contributed by atoms with Crippen molar-refractivity contribution in [1.82, 2.24) is 4.98 Å². The Kier molecular flexibility index (Phi) is 3.28. The van der Waals surface area contributed by atoms with Gasteiger partial charge in [-0.2, -0.15) is 0 Å². The van der Waals surface area contributed by atoms with E-state index in [1.807, 2.05) is 32.0 Å². The third-order valence-corrected chi connectivity index (χ3v) is 2.69. The molecule has 0 bridgehead atoms. The second-order valence-corrected chi connectivity index (χ2v) is 4.21. The average Bonchev–Trinajstić information content (AvgIpc) is 2.35. The number of carbonyl (C=O) groups is 1. The van der Waals surface area contributed by atoms with Gasteiger partial charge in [0.25, 0.3) is 5.91 Å². The average molecular weight is 241 g/mol. The minimum absolute atomic E-state index is 0.238. The zero-order valence-corrected chi connectivity index (χ0v) is 10.4. The molecule has 92 valence electrons. The standard InChI is InChI=1S/C14H15N3O/c1-9-5-6-12(15)11(8-9)14(18)17-13-10(2)4-3-7-16-13/h3-8H,15H2,1-2H3,(H,16,17,18). The fourth-order valence-corrected chi connectivity index (χ4v) is 1.66. The summed E-state index contributed by atoms with van der Waals surface area (Å²) in [5.74, 6) is 0.321. The molecule has 0 spiro atoms. The van der Waals surface area contributed by atoms with Gasteiger partial charge in [0.2, 0.25) is 0 Å². The molecular formula is C14H15N3O. The number of benzene rings is 1. The molecule has 18 heavy (non-hydrogen) atoms. The fourth-order valence-electron chi connectivity index (χ4n) is 1.66. The number of nitrogens with zero attached hydrogens (tertiary/aromatic N) is 1. The molecular weight excluding hydrogens is 226 g/mol. The lowest BCUT2D eigenvalue weighted by molar-refractivity contribution is 0.102. The molecule has 1 aromatic heterocycles. The number of hydrogen-bond acceptors (Lipinski definition) is 3. The summed E-state index contributed by atoms with van der Waals surface area (Å²) in [6.07, 6.45) is 1.64. The van der Waals surface area contributed by atoms with Crippen LogP contribution in [0.5, 0.6) is 0 Å². The molecule has 0 saturated heterocycles. The maximum Gasteiger partial charge on any atom is 0.258 e. The number of hydrogen-bond donors (Lipinski definition) is 2. The minimum Gasteiger partial charge on any atom is -0.398 e. The summed E-state index contributed by atoms with van der Waals surface area (Å²) in [5.41, 5.74) is 8.64. The Hall–Kier alpha value is -2.36. The van der Waals surface area contributed by atoms with E-state index in [4.69, 9.17) is 5.73 Å². The molecule has 4 heteroatoms. The summed E-state index contributed by atoms with van der Waals surface area (Å²) in [7, 11) is 0. The third-order valence-electron chi connectivity index (χ3n) is 2.69. The topological polar surface area (TPSA) is 68.0 Å². The molecule has 0 fully saturated rings. The summed E-state index contributed by atoms with van der Waals surface area (Å²) in [4.78, 5) is 16.2. The Morgan fingerprint density at radius 3 is 2.78 bits per heavy atom. The van der Waals surface area contributed by atoms with Crippen LogP contribution >= 0.6 is 0 Å². The van der Waals surface area contributed by atoms with Gasteiger partial charge in [-0.1, -0.05) is 17.7 Å². The Balaban J connectivity index is 2.28. The van der Waals surface area contributed by atoms with Gasteiger partial charge >= 0.3 is 0 Å². The van der Waals surface area contributed by atoms with Crippen molar-refractivity contribution < 1.29 is 4.79 Å². The van der Waals surface area contributed by atoms with Gasteiger partial charge in [-0.05, 0) is 37.6 Å². The number of nitrogens with one attached hydrogen (secondary N) is 1. The number of nitrogens with two attached hydrogens (primary N) is 1. The van der Waals surface area contributed by atoms with E-state index in [0.29, 0.717) is 17.1 Å². The Bertz CT molecular complexity index is 593. The summed E-state index contributed by atoms with van der Waals surface area (Å²) in [5, 5.41) is 2.76. The van der Waals surface area contributed by atoms with Gasteiger partial charge in [-0.3, -0.25) is 4.79 Å². The van der Waals surface area contributed by atoms with Crippen LogP contribution in [0.4, 0.5) is 11.5 Å². The highest BCUT2D eigenvalue weighted by molar-refractivity contribution is 6.07. The first-order chi connectivity index (χ1) is 8.58. The van der Waals surface area contributed by atoms with Crippen molar-refractivity contribution in [3.63, 3.8) is 0 Å². The molecule has 1 heterocycles. The van der Waals surface area contributed by atoms with E-state index < -0.39 is 0 Å². The van der Waals surface area contributed by atoms with Gasteiger partial charge in [-0.25, -0.2) is 4.98 Å². The number of anilines is 2. The van der Waals surface area contributed by atoms with Crippen LogP contribution in [0.1, 0.15) is 21.5 Å². The van der Waals surface area contributed by atoms with Gasteiger partial charge in [0.1, 0.15) is 5.82 Å². The van der Waals surface area contributed by atoms with Crippen molar-refractivity contribution in [2.75, 3.05) is 11.1 Å². The van der Waals surface area contributed by atoms with Crippen LogP contribution in [0.15, 0.2) is 36.5 Å². The number of carbonyl (C=O) groups excluding carboxylic acids is 1. The molecule has 1 amide bonds. The number of aromatic nitrogens is 1. The highest BCUT2D eigenvalue weighted by Crippen LogP contribution is 2.16. The van der Waals surface area contributed by atoms with Crippen molar-refractivity contribution in [2.45, 2.75) is 13.8 Å². The molecule has 0 saturated carbocycles. The van der Waals surface area contributed by atoms with E-state index in [-0.39, 0.29) is 5.91 Å². The van der Waals surface area contributed by atoms with E-state index in [9.17, 15) is 4.79 Å². The number of nitrogen functional groups attached to an aromatic ring is 1. The maximum atomic E-state index is 12.1. The lowest BCUT2D eigenvalue weighted by Gasteiger charge is -2.09. The molecule has 0 aliphatic carbocycles. The summed E-state index contributed by atoms with van der Waals surface area (Å²) in [6.45, 7) is 3.81. The number of aryl methyl sites for hydroxylation is 2. The van der Waals surface area contributed by atoms with Crippen molar-refractivity contribution in [3.05, 3.63) is 53.2 Å². The van der Waals surface area contributed by atoms with Gasteiger partial charge in [-0.15, -0.1) is 0 Å². The van der Waals surface area contributed by atoms with Crippen LogP contribution in [0.25, 0.3) is 0 Å². The number of pyridine rings is 1. The zero-order valence-electron chi connectivity index (χ0n) is 10.4. The Labute approximate surface area is 106 Å². The second-order valence-electron chi connectivity index (χ2n) is 4.21. The molecule has 0 aliphatic rings. The molecule has 2 aromatic rings. The highest BCUT2D eigenvalue weighted by atomic mass is 16.1.